The second-order valence-electron chi connectivity index (χ2n) is 7.77. The summed E-state index contributed by atoms with van der Waals surface area (Å²) in [6.45, 7) is 0. The predicted molar refractivity (Wildman–Crippen MR) is 155 cm³/mol. The van der Waals surface area contributed by atoms with Crippen LogP contribution in [0.1, 0.15) is 20.7 Å². The number of ketones is 1. The van der Waals surface area contributed by atoms with E-state index < -0.39 is 0 Å². The molecule has 5 rings (SSSR count). The lowest BCUT2D eigenvalue weighted by atomic mass is 10.2. The number of carbonyl (C=O) groups excluding carboxylic acids is 3. The minimum atomic E-state index is -0.224. The number of rotatable bonds is 10. The van der Waals surface area contributed by atoms with Crippen molar-refractivity contribution in [2.24, 2.45) is 0 Å². The van der Waals surface area contributed by atoms with Crippen LogP contribution < -0.4 is 10.6 Å². The Morgan fingerprint density at radius 2 is 1.45 bits per heavy atom. The predicted octanol–water partition coefficient (Wildman–Crippen LogP) is 6.11. The fraction of sp³-hybridized carbons (Fsp3) is 0.0769. The third-order valence-corrected chi connectivity index (χ3v) is 9.20. The lowest BCUT2D eigenvalue weighted by Crippen LogP contribution is -2.13. The molecule has 0 saturated carbocycles. The number of aromatic nitrogens is 3. The molecule has 190 valence electrons. The molecular weight excluding hydrogens is 559 g/mol. The van der Waals surface area contributed by atoms with E-state index in [1.807, 2.05) is 54.6 Å². The van der Waals surface area contributed by atoms with E-state index in [4.69, 9.17) is 0 Å². The van der Waals surface area contributed by atoms with Crippen LogP contribution >= 0.6 is 46.2 Å². The van der Waals surface area contributed by atoms with Crippen molar-refractivity contribution in [3.8, 4) is 0 Å². The molecule has 2 heterocycles. The summed E-state index contributed by atoms with van der Waals surface area (Å²) in [5.74, 6) is 0.0122. The van der Waals surface area contributed by atoms with Gasteiger partial charge in [-0.05, 0) is 30.3 Å². The number of anilines is 2. The van der Waals surface area contributed by atoms with E-state index in [1.165, 1.54) is 46.2 Å². The van der Waals surface area contributed by atoms with Crippen LogP contribution in [0.25, 0.3) is 10.2 Å². The van der Waals surface area contributed by atoms with Crippen molar-refractivity contribution in [1.82, 2.24) is 15.2 Å². The van der Waals surface area contributed by atoms with Crippen molar-refractivity contribution in [2.75, 3.05) is 22.1 Å². The highest BCUT2D eigenvalue weighted by Crippen LogP contribution is 2.32. The van der Waals surface area contributed by atoms with Crippen LogP contribution in [0.4, 0.5) is 10.8 Å². The van der Waals surface area contributed by atoms with Crippen LogP contribution in [0.2, 0.25) is 0 Å². The number of thiazole rings is 1. The van der Waals surface area contributed by atoms with E-state index in [1.54, 1.807) is 24.3 Å². The molecule has 38 heavy (non-hydrogen) atoms. The average molecular weight is 578 g/mol. The molecule has 0 aliphatic heterocycles. The Hall–Kier alpha value is -3.58. The zero-order valence-electron chi connectivity index (χ0n) is 19.6. The first-order chi connectivity index (χ1) is 18.5. The number of amides is 2. The number of thioether (sulfide) groups is 2. The van der Waals surface area contributed by atoms with Crippen LogP contribution in [-0.4, -0.2) is 44.3 Å². The fourth-order valence-electron chi connectivity index (χ4n) is 3.27. The molecule has 8 nitrogen and oxygen atoms in total. The van der Waals surface area contributed by atoms with Crippen LogP contribution in [-0.2, 0) is 4.79 Å². The monoisotopic (exact) mass is 577 g/mol. The Bertz CT molecular complexity index is 1590. The SMILES string of the molecule is O=C(CSc1nc2ccc(NC(=O)c3ccccc3)cc2s1)Nc1nnc(SCC(=O)c2ccccc2)s1. The third kappa shape index (κ3) is 6.84. The standard InChI is InChI=1S/C26H19N5O3S4/c32-20(16-7-3-1-4-8-16)14-35-26-31-30-24(38-26)29-22(33)15-36-25-28-19-12-11-18(13-21(19)37-25)27-23(34)17-9-5-2-6-10-17/h1-13H,14-15H2,(H,27,34)(H,29,30,33). The van der Waals surface area contributed by atoms with Gasteiger partial charge in [-0.1, -0.05) is 83.4 Å². The van der Waals surface area contributed by atoms with E-state index in [0.29, 0.717) is 26.3 Å². The minimum absolute atomic E-state index is 0.00863. The first kappa shape index (κ1) is 26.0. The van der Waals surface area contributed by atoms with Crippen molar-refractivity contribution in [2.45, 2.75) is 8.68 Å². The first-order valence-corrected chi connectivity index (χ1v) is 14.9. The summed E-state index contributed by atoms with van der Waals surface area (Å²) in [7, 11) is 0. The maximum atomic E-state index is 12.4. The van der Waals surface area contributed by atoms with Gasteiger partial charge < -0.3 is 5.32 Å². The van der Waals surface area contributed by atoms with E-state index in [0.717, 1.165) is 14.6 Å². The largest absolute Gasteiger partial charge is 0.322 e. The molecule has 0 fully saturated rings. The van der Waals surface area contributed by atoms with Gasteiger partial charge in [0.2, 0.25) is 11.0 Å². The highest BCUT2D eigenvalue weighted by atomic mass is 32.2. The van der Waals surface area contributed by atoms with Gasteiger partial charge in [-0.2, -0.15) is 0 Å². The Balaban J connectivity index is 1.11. The molecule has 12 heteroatoms. The molecule has 2 aromatic heterocycles. The van der Waals surface area contributed by atoms with Crippen LogP contribution in [0.15, 0.2) is 87.5 Å². The van der Waals surface area contributed by atoms with Crippen LogP contribution in [0, 0.1) is 0 Å². The van der Waals surface area contributed by atoms with Gasteiger partial charge in [0.15, 0.2) is 14.5 Å². The molecule has 0 atom stereocenters. The highest BCUT2D eigenvalue weighted by Gasteiger charge is 2.14. The summed E-state index contributed by atoms with van der Waals surface area (Å²) in [5.41, 5.74) is 2.71. The molecule has 0 aliphatic carbocycles. The molecular formula is C26H19N5O3S4. The number of hydrogen-bond acceptors (Lipinski definition) is 10. The minimum Gasteiger partial charge on any atom is -0.322 e. The van der Waals surface area contributed by atoms with E-state index >= 15 is 0 Å². The van der Waals surface area contributed by atoms with Crippen LogP contribution in [0.5, 0.6) is 0 Å². The summed E-state index contributed by atoms with van der Waals surface area (Å²) < 4.78 is 2.27. The Morgan fingerprint density at radius 3 is 2.21 bits per heavy atom. The van der Waals surface area contributed by atoms with E-state index in [9.17, 15) is 14.4 Å². The molecule has 0 bridgehead atoms. The van der Waals surface area contributed by atoms with Crippen molar-refractivity contribution < 1.29 is 14.4 Å². The maximum Gasteiger partial charge on any atom is 0.255 e. The topological polar surface area (TPSA) is 114 Å². The fourth-order valence-corrected chi connectivity index (χ4v) is 6.84. The second kappa shape index (κ2) is 12.3. The second-order valence-corrected chi connectivity index (χ2v) is 12.2. The van der Waals surface area contributed by atoms with Crippen molar-refractivity contribution in [1.29, 1.82) is 0 Å². The van der Waals surface area contributed by atoms with E-state index in [-0.39, 0.29) is 29.1 Å². The van der Waals surface area contributed by atoms with Crippen molar-refractivity contribution in [3.63, 3.8) is 0 Å². The molecule has 0 saturated heterocycles. The van der Waals surface area contributed by atoms with Gasteiger partial charge in [-0.15, -0.1) is 21.5 Å². The smallest absolute Gasteiger partial charge is 0.255 e. The quantitative estimate of drug-likeness (QED) is 0.116. The maximum absolute atomic E-state index is 12.4. The molecule has 0 radical (unpaired) electrons. The summed E-state index contributed by atoms with van der Waals surface area (Å²) in [5, 5.41) is 14.1. The van der Waals surface area contributed by atoms with Gasteiger partial charge >= 0.3 is 0 Å². The highest BCUT2D eigenvalue weighted by molar-refractivity contribution is 8.02. The molecule has 3 aromatic carbocycles. The first-order valence-electron chi connectivity index (χ1n) is 11.3. The molecule has 0 aliphatic rings. The van der Waals surface area contributed by atoms with E-state index in [2.05, 4.69) is 25.8 Å². The number of nitrogens with zero attached hydrogens (tertiary/aromatic N) is 3. The lowest BCUT2D eigenvalue weighted by Gasteiger charge is -2.04. The van der Waals surface area contributed by atoms with Gasteiger partial charge in [0.05, 0.1) is 21.7 Å². The normalized spacial score (nSPS) is 10.8. The molecule has 2 N–H and O–H groups in total. The van der Waals surface area contributed by atoms with Crippen LogP contribution in [0.3, 0.4) is 0 Å². The van der Waals surface area contributed by atoms with Crippen molar-refractivity contribution in [3.05, 3.63) is 90.0 Å². The number of hydrogen-bond donors (Lipinski definition) is 2. The summed E-state index contributed by atoms with van der Waals surface area (Å²) in [4.78, 5) is 41.7. The zero-order chi connectivity index (χ0) is 26.3. The van der Waals surface area contributed by atoms with Crippen molar-refractivity contribution >= 4 is 84.8 Å². The number of Topliss-reactive ketones (excluding diaryl/α,β-unsaturated/α-hetero) is 1. The number of nitrogens with one attached hydrogen (secondary N) is 2. The summed E-state index contributed by atoms with van der Waals surface area (Å²) in [6.07, 6.45) is 0. The average Bonchev–Trinajstić information content (AvgIpc) is 3.57. The number of carbonyl (C=O) groups is 3. The summed E-state index contributed by atoms with van der Waals surface area (Å²) in [6, 6.07) is 23.6. The molecule has 2 amide bonds. The number of fused-ring (bicyclic) bond motifs is 1. The molecule has 5 aromatic rings. The van der Waals surface area contributed by atoms with Gasteiger partial charge in [-0.25, -0.2) is 4.98 Å². The van der Waals surface area contributed by atoms with Gasteiger partial charge in [-0.3, -0.25) is 19.7 Å². The van der Waals surface area contributed by atoms with Gasteiger partial charge in [0, 0.05) is 16.8 Å². The number of benzene rings is 3. The molecule has 0 spiro atoms. The Morgan fingerprint density at radius 1 is 0.737 bits per heavy atom. The summed E-state index contributed by atoms with van der Waals surface area (Å²) >= 11 is 5.30. The Labute approximate surface area is 234 Å². The zero-order valence-corrected chi connectivity index (χ0v) is 22.9. The van der Waals surface area contributed by atoms with Gasteiger partial charge in [0.25, 0.3) is 5.91 Å². The Kier molecular flexibility index (Phi) is 8.44. The third-order valence-electron chi connectivity index (χ3n) is 5.06. The lowest BCUT2D eigenvalue weighted by molar-refractivity contribution is -0.113. The molecule has 0 unspecified atom stereocenters. The van der Waals surface area contributed by atoms with Gasteiger partial charge in [0.1, 0.15) is 0 Å².